The highest BCUT2D eigenvalue weighted by Crippen LogP contribution is 2.20. The van der Waals surface area contributed by atoms with Gasteiger partial charge in [0.15, 0.2) is 0 Å². The van der Waals surface area contributed by atoms with Gasteiger partial charge in [0.05, 0.1) is 5.69 Å². The Balaban J connectivity index is 2.54. The number of hydrogen-bond acceptors (Lipinski definition) is 3. The highest BCUT2D eigenvalue weighted by Gasteiger charge is 2.10. The molecule has 4 nitrogen and oxygen atoms in total. The van der Waals surface area contributed by atoms with E-state index in [0.717, 1.165) is 29.3 Å². The van der Waals surface area contributed by atoms with Gasteiger partial charge in [-0.25, -0.2) is 9.67 Å². The van der Waals surface area contributed by atoms with E-state index >= 15 is 0 Å². The first-order valence-corrected chi connectivity index (χ1v) is 5.88. The molecule has 90 valence electrons. The maximum atomic E-state index is 6.00. The summed E-state index contributed by atoms with van der Waals surface area (Å²) >= 11 is 6.00. The SMILES string of the molecule is Cc1nc(C)n(-c2ccc(Cl)cc2CCN)n1. The van der Waals surface area contributed by atoms with E-state index in [0.29, 0.717) is 11.6 Å². The van der Waals surface area contributed by atoms with Crippen LogP contribution in [0.5, 0.6) is 0 Å². The van der Waals surface area contributed by atoms with Crippen LogP contribution >= 0.6 is 11.6 Å². The fourth-order valence-electron chi connectivity index (χ4n) is 1.87. The van der Waals surface area contributed by atoms with Gasteiger partial charge in [0.2, 0.25) is 0 Å². The van der Waals surface area contributed by atoms with Crippen LogP contribution in [0.15, 0.2) is 18.2 Å². The van der Waals surface area contributed by atoms with E-state index in [2.05, 4.69) is 10.1 Å². The Morgan fingerprint density at radius 1 is 1.35 bits per heavy atom. The molecule has 0 saturated carbocycles. The minimum atomic E-state index is 0.583. The van der Waals surface area contributed by atoms with Gasteiger partial charge in [-0.3, -0.25) is 0 Å². The van der Waals surface area contributed by atoms with Crippen LogP contribution in [0.25, 0.3) is 5.69 Å². The molecule has 2 rings (SSSR count). The fourth-order valence-corrected chi connectivity index (χ4v) is 2.06. The molecule has 0 aliphatic rings. The van der Waals surface area contributed by atoms with Crippen molar-refractivity contribution in [1.29, 1.82) is 0 Å². The second-order valence-electron chi connectivity index (χ2n) is 3.93. The van der Waals surface area contributed by atoms with E-state index in [1.165, 1.54) is 0 Å². The van der Waals surface area contributed by atoms with E-state index in [1.54, 1.807) is 0 Å². The number of hydrogen-bond donors (Lipinski definition) is 1. The van der Waals surface area contributed by atoms with Crippen molar-refractivity contribution in [2.24, 2.45) is 5.73 Å². The summed E-state index contributed by atoms with van der Waals surface area (Å²) < 4.78 is 1.83. The van der Waals surface area contributed by atoms with Crippen molar-refractivity contribution in [3.63, 3.8) is 0 Å². The lowest BCUT2D eigenvalue weighted by atomic mass is 10.1. The zero-order chi connectivity index (χ0) is 12.4. The Morgan fingerprint density at radius 2 is 2.12 bits per heavy atom. The van der Waals surface area contributed by atoms with Crippen LogP contribution < -0.4 is 5.73 Å². The average molecular weight is 251 g/mol. The predicted molar refractivity (Wildman–Crippen MR) is 68.6 cm³/mol. The van der Waals surface area contributed by atoms with Gasteiger partial charge in [0.1, 0.15) is 11.6 Å². The number of benzene rings is 1. The molecule has 17 heavy (non-hydrogen) atoms. The largest absolute Gasteiger partial charge is 0.330 e. The van der Waals surface area contributed by atoms with E-state index in [4.69, 9.17) is 17.3 Å². The standard InChI is InChI=1S/C12H15ClN4/c1-8-15-9(2)17(16-8)12-4-3-11(13)7-10(12)5-6-14/h3-4,7H,5-6,14H2,1-2H3. The Morgan fingerprint density at radius 3 is 2.71 bits per heavy atom. The summed E-state index contributed by atoms with van der Waals surface area (Å²) in [6.45, 7) is 4.39. The molecule has 0 spiro atoms. The van der Waals surface area contributed by atoms with Crippen LogP contribution in [0.2, 0.25) is 5.02 Å². The molecule has 1 aromatic heterocycles. The Labute approximate surface area is 105 Å². The summed E-state index contributed by atoms with van der Waals surface area (Å²) in [5, 5.41) is 5.09. The number of halogens is 1. The maximum absolute atomic E-state index is 6.00. The molecule has 5 heteroatoms. The van der Waals surface area contributed by atoms with Crippen molar-refractivity contribution in [2.45, 2.75) is 20.3 Å². The van der Waals surface area contributed by atoms with Crippen molar-refractivity contribution in [3.8, 4) is 5.69 Å². The Bertz CT molecular complexity index is 533. The minimum Gasteiger partial charge on any atom is -0.330 e. The smallest absolute Gasteiger partial charge is 0.148 e. The molecule has 2 N–H and O–H groups in total. The van der Waals surface area contributed by atoms with Gasteiger partial charge in [0.25, 0.3) is 0 Å². The van der Waals surface area contributed by atoms with Crippen LogP contribution in [0.4, 0.5) is 0 Å². The summed E-state index contributed by atoms with van der Waals surface area (Å²) in [6.07, 6.45) is 0.772. The highest BCUT2D eigenvalue weighted by atomic mass is 35.5. The normalized spacial score (nSPS) is 10.8. The second kappa shape index (κ2) is 4.85. The highest BCUT2D eigenvalue weighted by molar-refractivity contribution is 6.30. The van der Waals surface area contributed by atoms with Gasteiger partial charge < -0.3 is 5.73 Å². The van der Waals surface area contributed by atoms with Crippen molar-refractivity contribution in [1.82, 2.24) is 14.8 Å². The molecule has 0 bridgehead atoms. The summed E-state index contributed by atoms with van der Waals surface area (Å²) in [4.78, 5) is 4.30. The van der Waals surface area contributed by atoms with Gasteiger partial charge in [-0.05, 0) is 50.6 Å². The van der Waals surface area contributed by atoms with Crippen molar-refractivity contribution in [3.05, 3.63) is 40.4 Å². The zero-order valence-electron chi connectivity index (χ0n) is 9.94. The van der Waals surface area contributed by atoms with Crippen molar-refractivity contribution >= 4 is 11.6 Å². The van der Waals surface area contributed by atoms with E-state index in [-0.39, 0.29) is 0 Å². The Hall–Kier alpha value is -1.39. The lowest BCUT2D eigenvalue weighted by Gasteiger charge is -2.10. The van der Waals surface area contributed by atoms with Gasteiger partial charge in [0, 0.05) is 5.02 Å². The third-order valence-electron chi connectivity index (χ3n) is 2.56. The number of aryl methyl sites for hydroxylation is 2. The van der Waals surface area contributed by atoms with E-state index < -0.39 is 0 Å². The molecule has 0 radical (unpaired) electrons. The van der Waals surface area contributed by atoms with Crippen LogP contribution in [0, 0.1) is 13.8 Å². The van der Waals surface area contributed by atoms with E-state index in [1.807, 2.05) is 36.7 Å². The van der Waals surface area contributed by atoms with Gasteiger partial charge in [-0.1, -0.05) is 11.6 Å². The lowest BCUT2D eigenvalue weighted by Crippen LogP contribution is -2.08. The third kappa shape index (κ3) is 2.48. The molecule has 1 heterocycles. The average Bonchev–Trinajstić information content (AvgIpc) is 2.59. The minimum absolute atomic E-state index is 0.583. The molecular weight excluding hydrogens is 236 g/mol. The predicted octanol–water partition coefficient (Wildman–Crippen LogP) is 2.04. The first-order chi connectivity index (χ1) is 8.11. The summed E-state index contributed by atoms with van der Waals surface area (Å²) in [5.74, 6) is 1.62. The number of rotatable bonds is 3. The summed E-state index contributed by atoms with van der Waals surface area (Å²) in [7, 11) is 0. The number of nitrogens with two attached hydrogens (primary N) is 1. The molecule has 0 aliphatic heterocycles. The van der Waals surface area contributed by atoms with Gasteiger partial charge in [-0.2, -0.15) is 5.10 Å². The molecule has 1 aromatic carbocycles. The molecular formula is C12H15ClN4. The molecule has 0 aliphatic carbocycles. The number of nitrogens with zero attached hydrogens (tertiary/aromatic N) is 3. The second-order valence-corrected chi connectivity index (χ2v) is 4.37. The Kier molecular flexibility index (Phi) is 3.45. The zero-order valence-corrected chi connectivity index (χ0v) is 10.7. The van der Waals surface area contributed by atoms with Crippen molar-refractivity contribution in [2.75, 3.05) is 6.54 Å². The first-order valence-electron chi connectivity index (χ1n) is 5.51. The monoisotopic (exact) mass is 250 g/mol. The van der Waals surface area contributed by atoms with Gasteiger partial charge in [-0.15, -0.1) is 0 Å². The fraction of sp³-hybridized carbons (Fsp3) is 0.333. The maximum Gasteiger partial charge on any atom is 0.148 e. The quantitative estimate of drug-likeness (QED) is 0.907. The topological polar surface area (TPSA) is 56.7 Å². The van der Waals surface area contributed by atoms with Crippen LogP contribution in [0.3, 0.4) is 0 Å². The molecule has 0 amide bonds. The molecule has 0 unspecified atom stereocenters. The summed E-state index contributed by atoms with van der Waals surface area (Å²) in [6, 6.07) is 5.74. The molecule has 0 atom stereocenters. The molecule has 0 saturated heterocycles. The van der Waals surface area contributed by atoms with Crippen LogP contribution in [0.1, 0.15) is 17.2 Å². The van der Waals surface area contributed by atoms with Crippen LogP contribution in [-0.2, 0) is 6.42 Å². The van der Waals surface area contributed by atoms with Crippen LogP contribution in [-0.4, -0.2) is 21.3 Å². The third-order valence-corrected chi connectivity index (χ3v) is 2.79. The molecule has 2 aromatic rings. The molecule has 0 fully saturated rings. The summed E-state index contributed by atoms with van der Waals surface area (Å²) in [5.41, 5.74) is 7.70. The first kappa shape index (κ1) is 12.1. The number of aromatic nitrogens is 3. The van der Waals surface area contributed by atoms with Gasteiger partial charge >= 0.3 is 0 Å². The van der Waals surface area contributed by atoms with Crippen molar-refractivity contribution < 1.29 is 0 Å². The van der Waals surface area contributed by atoms with E-state index in [9.17, 15) is 0 Å². The lowest BCUT2D eigenvalue weighted by molar-refractivity contribution is 0.811.